The minimum absolute atomic E-state index is 0.343. The second-order valence-corrected chi connectivity index (χ2v) is 4.86. The quantitative estimate of drug-likeness (QED) is 0.846. The van der Waals surface area contributed by atoms with Gasteiger partial charge in [-0.05, 0) is 24.8 Å². The zero-order valence-corrected chi connectivity index (χ0v) is 10.7. The number of primary amides is 1. The van der Waals surface area contributed by atoms with Crippen molar-refractivity contribution >= 4 is 17.4 Å². The summed E-state index contributed by atoms with van der Waals surface area (Å²) in [6.45, 7) is 4.18. The van der Waals surface area contributed by atoms with E-state index < -0.39 is 5.91 Å². The van der Waals surface area contributed by atoms with E-state index >= 15 is 0 Å². The summed E-state index contributed by atoms with van der Waals surface area (Å²) in [6.07, 6.45) is 5.13. The number of rotatable bonds is 3. The third kappa shape index (κ3) is 2.55. The molecule has 0 aromatic carbocycles. The van der Waals surface area contributed by atoms with Crippen LogP contribution in [-0.4, -0.2) is 24.0 Å². The van der Waals surface area contributed by atoms with Gasteiger partial charge in [0, 0.05) is 13.1 Å². The summed E-state index contributed by atoms with van der Waals surface area (Å²) in [5.41, 5.74) is 11.7. The standard InChI is InChI=1S/C13H20N4O/c1-2-9-4-3-5-17(8-9)12-6-10(13(15)18)11(14)7-16-12/h6-7,9H,2-5,8,14H2,1H3,(H2,15,18). The molecule has 1 amide bonds. The Morgan fingerprint density at radius 3 is 3.06 bits per heavy atom. The van der Waals surface area contributed by atoms with E-state index in [1.54, 1.807) is 6.07 Å². The summed E-state index contributed by atoms with van der Waals surface area (Å²) < 4.78 is 0. The van der Waals surface area contributed by atoms with E-state index in [-0.39, 0.29) is 0 Å². The monoisotopic (exact) mass is 248 g/mol. The van der Waals surface area contributed by atoms with Crippen molar-refractivity contribution in [1.82, 2.24) is 4.98 Å². The summed E-state index contributed by atoms with van der Waals surface area (Å²) in [4.78, 5) is 17.8. The molecule has 1 aromatic rings. The van der Waals surface area contributed by atoms with Gasteiger partial charge < -0.3 is 16.4 Å². The van der Waals surface area contributed by atoms with Gasteiger partial charge in [0.15, 0.2) is 0 Å². The van der Waals surface area contributed by atoms with Crippen molar-refractivity contribution in [3.05, 3.63) is 17.8 Å². The lowest BCUT2D eigenvalue weighted by molar-refractivity contribution is 0.100. The van der Waals surface area contributed by atoms with Gasteiger partial charge in [-0.25, -0.2) is 4.98 Å². The van der Waals surface area contributed by atoms with Crippen molar-refractivity contribution in [2.24, 2.45) is 11.7 Å². The molecule has 1 aromatic heterocycles. The van der Waals surface area contributed by atoms with Crippen LogP contribution in [0, 0.1) is 5.92 Å². The number of anilines is 2. The molecule has 1 fully saturated rings. The van der Waals surface area contributed by atoms with Crippen LogP contribution in [0.25, 0.3) is 0 Å². The zero-order valence-electron chi connectivity index (χ0n) is 10.7. The van der Waals surface area contributed by atoms with E-state index in [2.05, 4.69) is 16.8 Å². The van der Waals surface area contributed by atoms with Crippen LogP contribution in [0.2, 0.25) is 0 Å². The Labute approximate surface area is 107 Å². The van der Waals surface area contributed by atoms with E-state index in [1.807, 2.05) is 0 Å². The van der Waals surface area contributed by atoms with Crippen molar-refractivity contribution < 1.29 is 4.79 Å². The Bertz CT molecular complexity index is 447. The highest BCUT2D eigenvalue weighted by atomic mass is 16.1. The molecule has 98 valence electrons. The minimum Gasteiger partial charge on any atom is -0.397 e. The van der Waals surface area contributed by atoms with Crippen LogP contribution in [0.15, 0.2) is 12.3 Å². The number of hydrogen-bond donors (Lipinski definition) is 2. The molecule has 1 atom stereocenters. The number of piperidine rings is 1. The van der Waals surface area contributed by atoms with Crippen molar-refractivity contribution in [2.45, 2.75) is 26.2 Å². The van der Waals surface area contributed by atoms with Crippen LogP contribution in [-0.2, 0) is 0 Å². The molecule has 0 saturated carbocycles. The van der Waals surface area contributed by atoms with Crippen molar-refractivity contribution in [1.29, 1.82) is 0 Å². The first-order valence-electron chi connectivity index (χ1n) is 6.42. The maximum atomic E-state index is 11.3. The normalized spacial score (nSPS) is 19.8. The maximum absolute atomic E-state index is 11.3. The van der Waals surface area contributed by atoms with Crippen molar-refractivity contribution in [3.8, 4) is 0 Å². The van der Waals surface area contributed by atoms with Crippen molar-refractivity contribution in [2.75, 3.05) is 23.7 Å². The Balaban J connectivity index is 2.22. The van der Waals surface area contributed by atoms with E-state index in [9.17, 15) is 4.79 Å². The highest BCUT2D eigenvalue weighted by molar-refractivity contribution is 5.98. The maximum Gasteiger partial charge on any atom is 0.250 e. The lowest BCUT2D eigenvalue weighted by Crippen LogP contribution is -2.36. The average molecular weight is 248 g/mol. The second kappa shape index (κ2) is 5.25. The topological polar surface area (TPSA) is 85.2 Å². The number of hydrogen-bond acceptors (Lipinski definition) is 4. The number of nitrogen functional groups attached to an aromatic ring is 1. The van der Waals surface area contributed by atoms with Gasteiger partial charge in [-0.15, -0.1) is 0 Å². The second-order valence-electron chi connectivity index (χ2n) is 4.86. The lowest BCUT2D eigenvalue weighted by Gasteiger charge is -2.33. The molecule has 0 bridgehead atoms. The van der Waals surface area contributed by atoms with E-state index in [1.165, 1.54) is 19.0 Å². The Hall–Kier alpha value is -1.78. The number of aromatic nitrogens is 1. The summed E-state index contributed by atoms with van der Waals surface area (Å²) in [5, 5.41) is 0. The van der Waals surface area contributed by atoms with Gasteiger partial charge in [-0.3, -0.25) is 4.79 Å². The summed E-state index contributed by atoms with van der Waals surface area (Å²) in [5.74, 6) is 1.01. The summed E-state index contributed by atoms with van der Waals surface area (Å²) in [6, 6.07) is 1.70. The number of pyridine rings is 1. The Morgan fingerprint density at radius 1 is 1.61 bits per heavy atom. The van der Waals surface area contributed by atoms with Crippen LogP contribution in [0.1, 0.15) is 36.5 Å². The Morgan fingerprint density at radius 2 is 2.39 bits per heavy atom. The first-order valence-corrected chi connectivity index (χ1v) is 6.42. The molecule has 1 aliphatic heterocycles. The van der Waals surface area contributed by atoms with Gasteiger partial charge >= 0.3 is 0 Å². The number of nitrogens with zero attached hydrogens (tertiary/aromatic N) is 2. The zero-order chi connectivity index (χ0) is 13.1. The molecule has 18 heavy (non-hydrogen) atoms. The Kier molecular flexibility index (Phi) is 3.69. The van der Waals surface area contributed by atoms with E-state index in [4.69, 9.17) is 11.5 Å². The van der Waals surface area contributed by atoms with Gasteiger partial charge in [-0.1, -0.05) is 13.3 Å². The third-order valence-electron chi connectivity index (χ3n) is 3.61. The SMILES string of the molecule is CCC1CCCN(c2cc(C(N)=O)c(N)cn2)C1. The summed E-state index contributed by atoms with van der Waals surface area (Å²) in [7, 11) is 0. The van der Waals surface area contributed by atoms with Crippen LogP contribution in [0.3, 0.4) is 0 Å². The molecule has 5 heteroatoms. The minimum atomic E-state index is -0.500. The smallest absolute Gasteiger partial charge is 0.250 e. The molecule has 4 N–H and O–H groups in total. The average Bonchev–Trinajstić information content (AvgIpc) is 2.39. The molecule has 1 saturated heterocycles. The van der Waals surface area contributed by atoms with Crippen molar-refractivity contribution in [3.63, 3.8) is 0 Å². The molecular formula is C13H20N4O. The predicted molar refractivity (Wildman–Crippen MR) is 72.4 cm³/mol. The van der Waals surface area contributed by atoms with Crippen LogP contribution in [0.4, 0.5) is 11.5 Å². The first-order chi connectivity index (χ1) is 8.61. The highest BCUT2D eigenvalue weighted by Crippen LogP contribution is 2.25. The number of carbonyl (C=O) groups is 1. The van der Waals surface area contributed by atoms with Gasteiger partial charge in [0.1, 0.15) is 5.82 Å². The fraction of sp³-hybridized carbons (Fsp3) is 0.538. The van der Waals surface area contributed by atoms with Gasteiger partial charge in [0.2, 0.25) is 0 Å². The van der Waals surface area contributed by atoms with Crippen LogP contribution < -0.4 is 16.4 Å². The van der Waals surface area contributed by atoms with Gasteiger partial charge in [0.25, 0.3) is 5.91 Å². The largest absolute Gasteiger partial charge is 0.397 e. The first kappa shape index (κ1) is 12.7. The molecule has 0 spiro atoms. The molecule has 2 rings (SSSR count). The highest BCUT2D eigenvalue weighted by Gasteiger charge is 2.20. The predicted octanol–water partition coefficient (Wildman–Crippen LogP) is 1.39. The molecule has 0 aliphatic carbocycles. The molecular weight excluding hydrogens is 228 g/mol. The van der Waals surface area contributed by atoms with E-state index in [0.29, 0.717) is 17.2 Å². The fourth-order valence-electron chi connectivity index (χ4n) is 2.45. The number of carbonyl (C=O) groups excluding carboxylic acids is 1. The van der Waals surface area contributed by atoms with E-state index in [0.717, 1.165) is 25.3 Å². The van der Waals surface area contributed by atoms with Gasteiger partial charge in [0.05, 0.1) is 17.4 Å². The molecule has 0 radical (unpaired) electrons. The lowest BCUT2D eigenvalue weighted by atomic mass is 9.95. The third-order valence-corrected chi connectivity index (χ3v) is 3.61. The molecule has 1 aliphatic rings. The number of nitrogens with two attached hydrogens (primary N) is 2. The van der Waals surface area contributed by atoms with Gasteiger partial charge in [-0.2, -0.15) is 0 Å². The summed E-state index contributed by atoms with van der Waals surface area (Å²) >= 11 is 0. The van der Waals surface area contributed by atoms with Crippen LogP contribution >= 0.6 is 0 Å². The fourth-order valence-corrected chi connectivity index (χ4v) is 2.45. The molecule has 5 nitrogen and oxygen atoms in total. The molecule has 1 unspecified atom stereocenters. The molecule has 2 heterocycles. The van der Waals surface area contributed by atoms with Crippen LogP contribution in [0.5, 0.6) is 0 Å². The number of amides is 1.